The summed E-state index contributed by atoms with van der Waals surface area (Å²) in [5.41, 5.74) is 5.09. The molecule has 0 unspecified atom stereocenters. The van der Waals surface area contributed by atoms with Crippen LogP contribution >= 0.6 is 11.6 Å². The molecule has 1 heterocycles. The fraction of sp³-hybridized carbons (Fsp3) is 0.364. The van der Waals surface area contributed by atoms with Gasteiger partial charge in [-0.15, -0.1) is 0 Å². The summed E-state index contributed by atoms with van der Waals surface area (Å²) in [6.45, 7) is -0.150. The van der Waals surface area contributed by atoms with Crippen LogP contribution in [0, 0.1) is 5.82 Å². The number of nitrogens with two attached hydrogens (primary N) is 1. The molecule has 0 spiro atoms. The van der Waals surface area contributed by atoms with Gasteiger partial charge in [0.1, 0.15) is 16.8 Å². The topological polar surface area (TPSA) is 89.7 Å². The minimum absolute atomic E-state index is 0.0276. The van der Waals surface area contributed by atoms with Crippen molar-refractivity contribution in [3.8, 4) is 0 Å². The van der Waals surface area contributed by atoms with Gasteiger partial charge in [-0.2, -0.15) is 4.31 Å². The largest absolute Gasteiger partial charge is 0.367 e. The molecule has 1 amide bonds. The molecule has 0 aromatic heterocycles. The molecular weight excluding hydrogens is 311 g/mol. The monoisotopic (exact) mass is 322 g/mol. The van der Waals surface area contributed by atoms with Crippen molar-refractivity contribution in [2.24, 2.45) is 5.73 Å². The van der Waals surface area contributed by atoms with Gasteiger partial charge in [-0.05, 0) is 18.2 Å². The molecule has 1 saturated heterocycles. The van der Waals surface area contributed by atoms with E-state index in [1.165, 1.54) is 0 Å². The van der Waals surface area contributed by atoms with Crippen LogP contribution in [0.2, 0.25) is 5.02 Å². The summed E-state index contributed by atoms with van der Waals surface area (Å²) in [6, 6.07) is 3.06. The van der Waals surface area contributed by atoms with Gasteiger partial charge in [-0.3, -0.25) is 4.79 Å². The summed E-state index contributed by atoms with van der Waals surface area (Å²) in [6.07, 6.45) is -1.02. The van der Waals surface area contributed by atoms with E-state index in [9.17, 15) is 17.6 Å². The lowest BCUT2D eigenvalue weighted by Crippen LogP contribution is -2.50. The van der Waals surface area contributed by atoms with Crippen LogP contribution in [-0.4, -0.2) is 44.4 Å². The first-order chi connectivity index (χ1) is 9.32. The highest BCUT2D eigenvalue weighted by Gasteiger charge is 2.34. The number of rotatable bonds is 3. The van der Waals surface area contributed by atoms with Crippen molar-refractivity contribution in [2.75, 3.05) is 19.7 Å². The van der Waals surface area contributed by atoms with Crippen molar-refractivity contribution in [3.05, 3.63) is 29.0 Å². The number of benzene rings is 1. The fourth-order valence-electron chi connectivity index (χ4n) is 1.83. The van der Waals surface area contributed by atoms with Crippen molar-refractivity contribution < 1.29 is 22.3 Å². The first-order valence-electron chi connectivity index (χ1n) is 5.68. The minimum Gasteiger partial charge on any atom is -0.367 e. The van der Waals surface area contributed by atoms with Gasteiger partial charge in [0, 0.05) is 13.1 Å². The molecule has 9 heteroatoms. The van der Waals surface area contributed by atoms with Gasteiger partial charge in [0.05, 0.1) is 11.6 Å². The second kappa shape index (κ2) is 5.65. The predicted octanol–water partition coefficient (Wildman–Crippen LogP) is 0.354. The highest BCUT2D eigenvalue weighted by atomic mass is 35.5. The Morgan fingerprint density at radius 2 is 2.20 bits per heavy atom. The van der Waals surface area contributed by atoms with Gasteiger partial charge < -0.3 is 10.5 Å². The van der Waals surface area contributed by atoms with E-state index in [0.29, 0.717) is 0 Å². The molecule has 1 aromatic rings. The lowest BCUT2D eigenvalue weighted by atomic mass is 10.3. The van der Waals surface area contributed by atoms with E-state index in [4.69, 9.17) is 22.1 Å². The third kappa shape index (κ3) is 2.93. The number of morpholine rings is 1. The summed E-state index contributed by atoms with van der Waals surface area (Å²) >= 11 is 5.80. The summed E-state index contributed by atoms with van der Waals surface area (Å²) in [7, 11) is -4.01. The third-order valence-corrected chi connectivity index (χ3v) is 5.20. The smallest absolute Gasteiger partial charge is 0.247 e. The van der Waals surface area contributed by atoms with E-state index in [0.717, 1.165) is 22.5 Å². The van der Waals surface area contributed by atoms with E-state index in [1.807, 2.05) is 0 Å². The first-order valence-corrected chi connectivity index (χ1v) is 7.50. The zero-order valence-electron chi connectivity index (χ0n) is 10.3. The molecule has 6 nitrogen and oxygen atoms in total. The van der Waals surface area contributed by atoms with Crippen LogP contribution < -0.4 is 5.73 Å². The third-order valence-electron chi connectivity index (χ3n) is 2.86. The standard InChI is InChI=1S/C11H12ClFN2O4S/c12-8-2-1-7(13)5-10(8)20(17,18)15-3-4-19-9(6-15)11(14)16/h1-2,5,9H,3-4,6H2,(H2,14,16)/t9-/m0/s1. The number of sulfonamides is 1. The predicted molar refractivity (Wildman–Crippen MR) is 69.1 cm³/mol. The average Bonchev–Trinajstić information content (AvgIpc) is 2.41. The van der Waals surface area contributed by atoms with Crippen LogP contribution in [0.3, 0.4) is 0 Å². The number of ether oxygens (including phenoxy) is 1. The molecule has 2 rings (SSSR count). The second-order valence-electron chi connectivity index (χ2n) is 4.20. The van der Waals surface area contributed by atoms with E-state index < -0.39 is 27.9 Å². The lowest BCUT2D eigenvalue weighted by molar-refractivity contribution is -0.132. The number of nitrogens with zero attached hydrogens (tertiary/aromatic N) is 1. The van der Waals surface area contributed by atoms with Gasteiger partial charge in [-0.1, -0.05) is 11.6 Å². The van der Waals surface area contributed by atoms with E-state index in [-0.39, 0.29) is 29.6 Å². The van der Waals surface area contributed by atoms with E-state index in [2.05, 4.69) is 0 Å². The molecule has 20 heavy (non-hydrogen) atoms. The zero-order valence-corrected chi connectivity index (χ0v) is 11.8. The highest BCUT2D eigenvalue weighted by Crippen LogP contribution is 2.26. The Kier molecular flexibility index (Phi) is 4.28. The number of amides is 1. The Bertz CT molecular complexity index is 637. The van der Waals surface area contributed by atoms with Crippen molar-refractivity contribution in [3.63, 3.8) is 0 Å². The number of halogens is 2. The van der Waals surface area contributed by atoms with Crippen LogP contribution in [0.15, 0.2) is 23.1 Å². The molecule has 0 saturated carbocycles. The van der Waals surface area contributed by atoms with Crippen LogP contribution in [0.1, 0.15) is 0 Å². The number of hydrogen-bond acceptors (Lipinski definition) is 4. The van der Waals surface area contributed by atoms with Gasteiger partial charge in [0.25, 0.3) is 0 Å². The molecule has 2 N–H and O–H groups in total. The zero-order chi connectivity index (χ0) is 14.9. The second-order valence-corrected chi connectivity index (χ2v) is 6.51. The Balaban J connectivity index is 2.35. The van der Waals surface area contributed by atoms with Crippen molar-refractivity contribution >= 4 is 27.5 Å². The number of carbonyl (C=O) groups is 1. The maximum absolute atomic E-state index is 13.2. The molecule has 1 fully saturated rings. The molecule has 1 atom stereocenters. The Morgan fingerprint density at radius 3 is 2.85 bits per heavy atom. The molecule has 1 aliphatic heterocycles. The first kappa shape index (κ1) is 15.2. The SMILES string of the molecule is NC(=O)[C@@H]1CN(S(=O)(=O)c2cc(F)ccc2Cl)CCO1. The number of primary amides is 1. The van der Waals surface area contributed by atoms with Crippen LogP contribution in [0.5, 0.6) is 0 Å². The van der Waals surface area contributed by atoms with E-state index >= 15 is 0 Å². The van der Waals surface area contributed by atoms with Crippen molar-refractivity contribution in [1.29, 1.82) is 0 Å². The van der Waals surface area contributed by atoms with Crippen molar-refractivity contribution in [1.82, 2.24) is 4.31 Å². The normalized spacial score (nSPS) is 20.8. The number of hydrogen-bond donors (Lipinski definition) is 1. The molecular formula is C11H12ClFN2O4S. The van der Waals surface area contributed by atoms with Crippen LogP contribution in [0.25, 0.3) is 0 Å². The van der Waals surface area contributed by atoms with Gasteiger partial charge in [0.15, 0.2) is 0 Å². The van der Waals surface area contributed by atoms with Gasteiger partial charge in [-0.25, -0.2) is 12.8 Å². The summed E-state index contributed by atoms with van der Waals surface area (Å²) in [5.74, 6) is -1.47. The Labute approximate surface area is 120 Å². The van der Waals surface area contributed by atoms with Gasteiger partial charge in [0.2, 0.25) is 15.9 Å². The van der Waals surface area contributed by atoms with Crippen molar-refractivity contribution in [2.45, 2.75) is 11.0 Å². The minimum atomic E-state index is -4.01. The molecule has 0 bridgehead atoms. The molecule has 1 aliphatic rings. The number of carbonyl (C=O) groups excluding carboxylic acids is 1. The maximum atomic E-state index is 13.2. The molecule has 0 radical (unpaired) electrons. The van der Waals surface area contributed by atoms with E-state index in [1.54, 1.807) is 0 Å². The van der Waals surface area contributed by atoms with Crippen LogP contribution in [0.4, 0.5) is 4.39 Å². The highest BCUT2D eigenvalue weighted by molar-refractivity contribution is 7.89. The Hall–Kier alpha value is -1.22. The maximum Gasteiger partial charge on any atom is 0.247 e. The lowest BCUT2D eigenvalue weighted by Gasteiger charge is -2.30. The average molecular weight is 323 g/mol. The molecule has 110 valence electrons. The van der Waals surface area contributed by atoms with Crippen LogP contribution in [-0.2, 0) is 19.6 Å². The summed E-state index contributed by atoms with van der Waals surface area (Å²) < 4.78 is 44.1. The summed E-state index contributed by atoms with van der Waals surface area (Å²) in [4.78, 5) is 10.7. The molecule has 1 aromatic carbocycles. The summed E-state index contributed by atoms with van der Waals surface area (Å²) in [5, 5.41) is -0.0893. The quantitative estimate of drug-likeness (QED) is 0.869. The fourth-order valence-corrected chi connectivity index (χ4v) is 3.74. The Morgan fingerprint density at radius 1 is 1.50 bits per heavy atom. The van der Waals surface area contributed by atoms with Gasteiger partial charge >= 0.3 is 0 Å². The molecule has 0 aliphatic carbocycles.